The van der Waals surface area contributed by atoms with E-state index in [9.17, 15) is 13.2 Å². The van der Waals surface area contributed by atoms with Gasteiger partial charge in [-0.1, -0.05) is 24.3 Å². The minimum atomic E-state index is -4.33. The second kappa shape index (κ2) is 9.06. The first kappa shape index (κ1) is 21.3. The summed E-state index contributed by atoms with van der Waals surface area (Å²) in [6, 6.07) is 9.41. The molecule has 0 radical (unpaired) electrons. The predicted molar refractivity (Wildman–Crippen MR) is 96.5 cm³/mol. The molecule has 1 aliphatic rings. The van der Waals surface area contributed by atoms with E-state index in [1.165, 1.54) is 23.5 Å². The molecule has 1 N–H and O–H groups in total. The second-order valence-electron chi connectivity index (χ2n) is 5.29. The SMILES string of the molecule is Cl.Cl.FC(F)(F)c1ccccc1[C@@H](c1cccs1)N1CCNCC1. The molecule has 1 aromatic heterocycles. The molecule has 0 amide bonds. The Morgan fingerprint density at radius 2 is 1.67 bits per heavy atom. The summed E-state index contributed by atoms with van der Waals surface area (Å²) in [6.07, 6.45) is -4.33. The second-order valence-corrected chi connectivity index (χ2v) is 6.27. The van der Waals surface area contributed by atoms with Crippen molar-refractivity contribution in [3.63, 3.8) is 0 Å². The van der Waals surface area contributed by atoms with Crippen LogP contribution in [0.2, 0.25) is 0 Å². The fourth-order valence-corrected chi connectivity index (χ4v) is 3.79. The third kappa shape index (κ3) is 4.64. The van der Waals surface area contributed by atoms with Crippen molar-refractivity contribution < 1.29 is 13.2 Å². The van der Waals surface area contributed by atoms with Gasteiger partial charge in [-0.25, -0.2) is 0 Å². The topological polar surface area (TPSA) is 15.3 Å². The van der Waals surface area contributed by atoms with Gasteiger partial charge in [-0.05, 0) is 23.1 Å². The van der Waals surface area contributed by atoms with Gasteiger partial charge >= 0.3 is 6.18 Å². The first-order chi connectivity index (χ1) is 10.6. The summed E-state index contributed by atoms with van der Waals surface area (Å²) in [5.41, 5.74) is -0.189. The molecule has 3 rings (SSSR count). The van der Waals surface area contributed by atoms with Crippen molar-refractivity contribution in [3.05, 3.63) is 57.8 Å². The number of hydrogen-bond donors (Lipinski definition) is 1. The Bertz CT molecular complexity index is 614. The largest absolute Gasteiger partial charge is 0.416 e. The summed E-state index contributed by atoms with van der Waals surface area (Å²) in [5, 5.41) is 5.17. The normalized spacial score (nSPS) is 16.8. The third-order valence-electron chi connectivity index (χ3n) is 3.89. The zero-order valence-corrected chi connectivity index (χ0v) is 15.2. The quantitative estimate of drug-likeness (QED) is 0.812. The maximum Gasteiger partial charge on any atom is 0.416 e. The molecule has 0 aliphatic carbocycles. The van der Waals surface area contributed by atoms with Crippen LogP contribution in [0.3, 0.4) is 0 Å². The van der Waals surface area contributed by atoms with Gasteiger partial charge in [-0.3, -0.25) is 4.90 Å². The monoisotopic (exact) mass is 398 g/mol. The molecular formula is C16H19Cl2F3N2S. The molecule has 1 fully saturated rings. The Balaban J connectivity index is 0.00000144. The first-order valence-electron chi connectivity index (χ1n) is 7.21. The predicted octanol–water partition coefficient (Wildman–Crippen LogP) is 4.61. The Morgan fingerprint density at radius 3 is 2.25 bits per heavy atom. The van der Waals surface area contributed by atoms with Crippen molar-refractivity contribution in [2.75, 3.05) is 26.2 Å². The third-order valence-corrected chi connectivity index (χ3v) is 4.81. The van der Waals surface area contributed by atoms with E-state index < -0.39 is 11.7 Å². The van der Waals surface area contributed by atoms with E-state index >= 15 is 0 Å². The zero-order valence-electron chi connectivity index (χ0n) is 12.8. The van der Waals surface area contributed by atoms with E-state index in [2.05, 4.69) is 10.2 Å². The molecule has 1 saturated heterocycles. The van der Waals surface area contributed by atoms with Crippen LogP contribution in [0.25, 0.3) is 0 Å². The van der Waals surface area contributed by atoms with Crippen LogP contribution in [0.15, 0.2) is 41.8 Å². The lowest BCUT2D eigenvalue weighted by atomic mass is 9.96. The standard InChI is InChI=1S/C16H17F3N2S.2ClH/c17-16(18,19)13-5-2-1-4-12(13)15(14-6-3-11-22-14)21-9-7-20-8-10-21;;/h1-6,11,15,20H,7-10H2;2*1H/t15-;;/m0../s1. The number of hydrogen-bond acceptors (Lipinski definition) is 3. The molecule has 1 aromatic carbocycles. The lowest BCUT2D eigenvalue weighted by Crippen LogP contribution is -2.45. The summed E-state index contributed by atoms with van der Waals surface area (Å²) in [4.78, 5) is 3.09. The van der Waals surface area contributed by atoms with Crippen LogP contribution in [0.1, 0.15) is 22.0 Å². The maximum absolute atomic E-state index is 13.4. The van der Waals surface area contributed by atoms with Crippen LogP contribution in [-0.2, 0) is 6.18 Å². The lowest BCUT2D eigenvalue weighted by Gasteiger charge is -2.35. The van der Waals surface area contributed by atoms with Crippen LogP contribution < -0.4 is 5.32 Å². The molecular weight excluding hydrogens is 380 g/mol. The molecule has 0 unspecified atom stereocenters. The van der Waals surface area contributed by atoms with E-state index in [4.69, 9.17) is 0 Å². The van der Waals surface area contributed by atoms with Gasteiger partial charge in [0.1, 0.15) is 0 Å². The molecule has 2 aromatic rings. The molecule has 0 spiro atoms. The highest BCUT2D eigenvalue weighted by Crippen LogP contribution is 2.40. The molecule has 24 heavy (non-hydrogen) atoms. The summed E-state index contributed by atoms with van der Waals surface area (Å²) >= 11 is 1.51. The van der Waals surface area contributed by atoms with E-state index in [0.29, 0.717) is 5.56 Å². The molecule has 0 bridgehead atoms. The van der Waals surface area contributed by atoms with Crippen molar-refractivity contribution in [1.82, 2.24) is 10.2 Å². The minimum Gasteiger partial charge on any atom is -0.314 e. The number of rotatable bonds is 3. The van der Waals surface area contributed by atoms with Gasteiger partial charge in [0.05, 0.1) is 11.6 Å². The highest BCUT2D eigenvalue weighted by atomic mass is 35.5. The molecule has 134 valence electrons. The smallest absolute Gasteiger partial charge is 0.314 e. The number of benzene rings is 1. The van der Waals surface area contributed by atoms with Crippen molar-refractivity contribution in [1.29, 1.82) is 0 Å². The highest BCUT2D eigenvalue weighted by molar-refractivity contribution is 7.10. The van der Waals surface area contributed by atoms with Gasteiger partial charge in [0, 0.05) is 31.1 Å². The van der Waals surface area contributed by atoms with Gasteiger partial charge in [-0.2, -0.15) is 13.2 Å². The fraction of sp³-hybridized carbons (Fsp3) is 0.375. The average Bonchev–Trinajstić information content (AvgIpc) is 3.02. The highest BCUT2D eigenvalue weighted by Gasteiger charge is 2.37. The van der Waals surface area contributed by atoms with Gasteiger partial charge in [0.25, 0.3) is 0 Å². The van der Waals surface area contributed by atoms with E-state index in [1.54, 1.807) is 12.1 Å². The summed E-state index contributed by atoms with van der Waals surface area (Å²) < 4.78 is 40.2. The molecule has 2 heterocycles. The molecule has 1 atom stereocenters. The lowest BCUT2D eigenvalue weighted by molar-refractivity contribution is -0.138. The number of nitrogens with zero attached hydrogens (tertiary/aromatic N) is 1. The van der Waals surface area contributed by atoms with Crippen molar-refractivity contribution in [2.45, 2.75) is 12.2 Å². The average molecular weight is 399 g/mol. The molecule has 1 aliphatic heterocycles. The van der Waals surface area contributed by atoms with Crippen molar-refractivity contribution in [3.8, 4) is 0 Å². The summed E-state index contributed by atoms with van der Waals surface area (Å²) in [7, 11) is 0. The molecule has 0 saturated carbocycles. The van der Waals surface area contributed by atoms with Gasteiger partial charge < -0.3 is 5.32 Å². The Labute approximate surface area is 155 Å². The number of thiophene rings is 1. The number of piperazine rings is 1. The maximum atomic E-state index is 13.4. The van der Waals surface area contributed by atoms with E-state index in [1.807, 2.05) is 17.5 Å². The van der Waals surface area contributed by atoms with Crippen LogP contribution in [0.5, 0.6) is 0 Å². The summed E-state index contributed by atoms with van der Waals surface area (Å²) in [6.45, 7) is 3.09. The Morgan fingerprint density at radius 1 is 1.00 bits per heavy atom. The van der Waals surface area contributed by atoms with Crippen molar-refractivity contribution >= 4 is 36.2 Å². The number of nitrogens with one attached hydrogen (secondary N) is 1. The van der Waals surface area contributed by atoms with E-state index in [-0.39, 0.29) is 30.9 Å². The van der Waals surface area contributed by atoms with Crippen LogP contribution >= 0.6 is 36.2 Å². The summed E-state index contributed by atoms with van der Waals surface area (Å²) in [5.74, 6) is 0. The van der Waals surface area contributed by atoms with Crippen LogP contribution in [0, 0.1) is 0 Å². The van der Waals surface area contributed by atoms with Gasteiger partial charge in [0.15, 0.2) is 0 Å². The fourth-order valence-electron chi connectivity index (χ4n) is 2.91. The molecule has 2 nitrogen and oxygen atoms in total. The Kier molecular flexibility index (Phi) is 8.02. The van der Waals surface area contributed by atoms with E-state index in [0.717, 1.165) is 31.1 Å². The van der Waals surface area contributed by atoms with Crippen LogP contribution in [-0.4, -0.2) is 31.1 Å². The molecule has 8 heteroatoms. The van der Waals surface area contributed by atoms with Gasteiger partial charge in [0.2, 0.25) is 0 Å². The zero-order chi connectivity index (χ0) is 15.6. The number of halogens is 5. The van der Waals surface area contributed by atoms with Gasteiger partial charge in [-0.15, -0.1) is 36.2 Å². The van der Waals surface area contributed by atoms with Crippen molar-refractivity contribution in [2.24, 2.45) is 0 Å². The first-order valence-corrected chi connectivity index (χ1v) is 8.09. The minimum absolute atomic E-state index is 0. The van der Waals surface area contributed by atoms with Crippen LogP contribution in [0.4, 0.5) is 13.2 Å². The Hall–Kier alpha value is -0.790. The number of alkyl halides is 3.